The summed E-state index contributed by atoms with van der Waals surface area (Å²) in [5, 5.41) is 0. The average molecular weight is 247 g/mol. The maximum atomic E-state index is 12.5. The highest BCUT2D eigenvalue weighted by Crippen LogP contribution is 2.24. The third-order valence-corrected chi connectivity index (χ3v) is 4.00. The summed E-state index contributed by atoms with van der Waals surface area (Å²) in [4.78, 5) is 14.4. The molecule has 1 unspecified atom stereocenters. The first-order chi connectivity index (χ1) is 8.60. The van der Waals surface area contributed by atoms with Crippen LogP contribution in [-0.2, 0) is 22.5 Å². The van der Waals surface area contributed by atoms with Crippen LogP contribution in [-0.4, -0.2) is 30.1 Å². The first kappa shape index (κ1) is 13.1. The molecule has 0 aromatic heterocycles. The van der Waals surface area contributed by atoms with Gasteiger partial charge in [0, 0.05) is 20.2 Å². The number of carbonyl (C=O) groups is 1. The molecule has 0 spiro atoms. The van der Waals surface area contributed by atoms with Gasteiger partial charge in [-0.05, 0) is 30.9 Å². The first-order valence-corrected chi connectivity index (χ1v) is 6.52. The third-order valence-electron chi connectivity index (χ3n) is 4.00. The molecule has 1 atom stereocenters. The molecule has 0 bridgehead atoms. The molecule has 0 aliphatic carbocycles. The SMILES string of the molecule is CCC(C)(OC)C(=O)N1CCc2ccccc2C1. The van der Waals surface area contributed by atoms with Gasteiger partial charge in [0.2, 0.25) is 0 Å². The predicted molar refractivity (Wildman–Crippen MR) is 71.3 cm³/mol. The van der Waals surface area contributed by atoms with Crippen LogP contribution < -0.4 is 0 Å². The van der Waals surface area contributed by atoms with E-state index in [9.17, 15) is 4.79 Å². The van der Waals surface area contributed by atoms with Crippen LogP contribution >= 0.6 is 0 Å². The molecular formula is C15H21NO2. The van der Waals surface area contributed by atoms with Crippen LogP contribution in [0.25, 0.3) is 0 Å². The first-order valence-electron chi connectivity index (χ1n) is 6.52. The zero-order valence-electron chi connectivity index (χ0n) is 11.4. The molecule has 0 N–H and O–H groups in total. The summed E-state index contributed by atoms with van der Waals surface area (Å²) in [6.45, 7) is 5.35. The molecule has 1 aliphatic heterocycles. The van der Waals surface area contributed by atoms with Crippen LogP contribution in [0.2, 0.25) is 0 Å². The highest BCUT2D eigenvalue weighted by Gasteiger charge is 2.36. The van der Waals surface area contributed by atoms with Crippen molar-refractivity contribution < 1.29 is 9.53 Å². The lowest BCUT2D eigenvalue weighted by molar-refractivity contribution is -0.154. The number of fused-ring (bicyclic) bond motifs is 1. The molecule has 0 fully saturated rings. The van der Waals surface area contributed by atoms with E-state index in [0.29, 0.717) is 13.0 Å². The van der Waals surface area contributed by atoms with Crippen molar-refractivity contribution in [3.63, 3.8) is 0 Å². The van der Waals surface area contributed by atoms with Crippen LogP contribution in [0.4, 0.5) is 0 Å². The Bertz CT molecular complexity index is 438. The summed E-state index contributed by atoms with van der Waals surface area (Å²) >= 11 is 0. The fourth-order valence-electron chi connectivity index (χ4n) is 2.39. The monoisotopic (exact) mass is 247 g/mol. The minimum Gasteiger partial charge on any atom is -0.369 e. The van der Waals surface area contributed by atoms with Crippen LogP contribution in [0.3, 0.4) is 0 Å². The van der Waals surface area contributed by atoms with E-state index in [1.54, 1.807) is 7.11 Å². The predicted octanol–water partition coefficient (Wildman–Crippen LogP) is 2.39. The quantitative estimate of drug-likeness (QED) is 0.820. The van der Waals surface area contributed by atoms with Gasteiger partial charge in [0.25, 0.3) is 5.91 Å². The van der Waals surface area contributed by atoms with E-state index in [0.717, 1.165) is 13.0 Å². The molecule has 1 aliphatic rings. The van der Waals surface area contributed by atoms with Crippen LogP contribution in [0.15, 0.2) is 24.3 Å². The summed E-state index contributed by atoms with van der Waals surface area (Å²) in [5.41, 5.74) is 1.93. The summed E-state index contributed by atoms with van der Waals surface area (Å²) in [6.07, 6.45) is 1.63. The number of rotatable bonds is 3. The fourth-order valence-corrected chi connectivity index (χ4v) is 2.39. The van der Waals surface area contributed by atoms with Gasteiger partial charge in [-0.1, -0.05) is 31.2 Å². The van der Waals surface area contributed by atoms with E-state index in [-0.39, 0.29) is 5.91 Å². The smallest absolute Gasteiger partial charge is 0.254 e. The molecule has 0 saturated carbocycles. The number of nitrogens with zero attached hydrogens (tertiary/aromatic N) is 1. The Labute approximate surface area is 109 Å². The Morgan fingerprint density at radius 3 is 2.67 bits per heavy atom. The minimum absolute atomic E-state index is 0.0991. The van der Waals surface area contributed by atoms with Crippen molar-refractivity contribution >= 4 is 5.91 Å². The topological polar surface area (TPSA) is 29.5 Å². The normalized spacial score (nSPS) is 18.1. The van der Waals surface area contributed by atoms with E-state index in [1.807, 2.05) is 24.8 Å². The maximum Gasteiger partial charge on any atom is 0.254 e. The van der Waals surface area contributed by atoms with Crippen molar-refractivity contribution in [2.24, 2.45) is 0 Å². The summed E-state index contributed by atoms with van der Waals surface area (Å²) in [6, 6.07) is 8.33. The number of benzene rings is 1. The zero-order chi connectivity index (χ0) is 13.2. The van der Waals surface area contributed by atoms with Gasteiger partial charge in [0.1, 0.15) is 5.60 Å². The second-order valence-corrected chi connectivity index (χ2v) is 5.03. The number of carbonyl (C=O) groups excluding carboxylic acids is 1. The molecule has 1 heterocycles. The molecule has 3 heteroatoms. The van der Waals surface area contributed by atoms with Gasteiger partial charge < -0.3 is 9.64 Å². The second-order valence-electron chi connectivity index (χ2n) is 5.03. The van der Waals surface area contributed by atoms with Crippen molar-refractivity contribution in [3.05, 3.63) is 35.4 Å². The van der Waals surface area contributed by atoms with Gasteiger partial charge >= 0.3 is 0 Å². The van der Waals surface area contributed by atoms with Crippen LogP contribution in [0.1, 0.15) is 31.4 Å². The fraction of sp³-hybridized carbons (Fsp3) is 0.533. The molecule has 0 radical (unpaired) electrons. The highest BCUT2D eigenvalue weighted by atomic mass is 16.5. The van der Waals surface area contributed by atoms with Crippen molar-refractivity contribution in [1.82, 2.24) is 4.90 Å². The molecule has 1 aromatic rings. The molecule has 1 aromatic carbocycles. The van der Waals surface area contributed by atoms with Crippen molar-refractivity contribution in [2.75, 3.05) is 13.7 Å². The average Bonchev–Trinajstić information content (AvgIpc) is 2.45. The van der Waals surface area contributed by atoms with Gasteiger partial charge in [0.15, 0.2) is 0 Å². The molecule has 0 saturated heterocycles. The number of amides is 1. The number of methoxy groups -OCH3 is 1. The van der Waals surface area contributed by atoms with E-state index in [1.165, 1.54) is 11.1 Å². The second kappa shape index (κ2) is 5.11. The van der Waals surface area contributed by atoms with E-state index in [4.69, 9.17) is 4.74 Å². The Morgan fingerprint density at radius 2 is 2.06 bits per heavy atom. The van der Waals surface area contributed by atoms with Crippen LogP contribution in [0.5, 0.6) is 0 Å². The minimum atomic E-state index is -0.688. The molecule has 3 nitrogen and oxygen atoms in total. The Balaban J connectivity index is 2.16. The van der Waals surface area contributed by atoms with E-state index in [2.05, 4.69) is 18.2 Å². The van der Waals surface area contributed by atoms with Gasteiger partial charge in [-0.25, -0.2) is 0 Å². The zero-order valence-corrected chi connectivity index (χ0v) is 11.4. The van der Waals surface area contributed by atoms with Gasteiger partial charge in [-0.3, -0.25) is 4.79 Å². The molecule has 18 heavy (non-hydrogen) atoms. The maximum absolute atomic E-state index is 12.5. The van der Waals surface area contributed by atoms with Gasteiger partial charge in [0.05, 0.1) is 0 Å². The molecule has 98 valence electrons. The van der Waals surface area contributed by atoms with Crippen molar-refractivity contribution in [1.29, 1.82) is 0 Å². The standard InChI is InChI=1S/C15H21NO2/c1-4-15(2,18-3)14(17)16-10-9-12-7-5-6-8-13(12)11-16/h5-8H,4,9-11H2,1-3H3. The Morgan fingerprint density at radius 1 is 1.39 bits per heavy atom. The molecule has 1 amide bonds. The van der Waals surface area contributed by atoms with Crippen LogP contribution in [0, 0.1) is 0 Å². The number of hydrogen-bond acceptors (Lipinski definition) is 2. The largest absolute Gasteiger partial charge is 0.369 e. The highest BCUT2D eigenvalue weighted by molar-refractivity contribution is 5.85. The Hall–Kier alpha value is -1.35. The molecule has 2 rings (SSSR count). The van der Waals surface area contributed by atoms with E-state index >= 15 is 0 Å². The summed E-state index contributed by atoms with van der Waals surface area (Å²) in [7, 11) is 1.61. The number of hydrogen-bond donors (Lipinski definition) is 0. The third kappa shape index (κ3) is 2.27. The lowest BCUT2D eigenvalue weighted by Crippen LogP contribution is -2.49. The lowest BCUT2D eigenvalue weighted by atomic mass is 9.96. The van der Waals surface area contributed by atoms with Crippen molar-refractivity contribution in [3.8, 4) is 0 Å². The summed E-state index contributed by atoms with van der Waals surface area (Å²) < 4.78 is 5.40. The van der Waals surface area contributed by atoms with E-state index < -0.39 is 5.60 Å². The van der Waals surface area contributed by atoms with Crippen molar-refractivity contribution in [2.45, 2.75) is 38.8 Å². The summed E-state index contributed by atoms with van der Waals surface area (Å²) in [5.74, 6) is 0.0991. The lowest BCUT2D eigenvalue weighted by Gasteiger charge is -2.35. The number of ether oxygens (including phenoxy) is 1. The van der Waals surface area contributed by atoms with Gasteiger partial charge in [-0.15, -0.1) is 0 Å². The molecular weight excluding hydrogens is 226 g/mol. The van der Waals surface area contributed by atoms with Gasteiger partial charge in [-0.2, -0.15) is 0 Å². The Kier molecular flexibility index (Phi) is 3.71.